The largest absolute Gasteiger partial charge is 0.0870 e. The molecule has 0 atom stereocenters. The van der Waals surface area contributed by atoms with Crippen molar-refractivity contribution in [3.8, 4) is 0 Å². The molecular weight excluding hydrogens is 259 g/mol. The van der Waals surface area contributed by atoms with Crippen LogP contribution in [0.25, 0.3) is 0 Å². The molecule has 0 N–H and O–H groups in total. The predicted molar refractivity (Wildman–Crippen MR) is 71.8 cm³/mol. The first kappa shape index (κ1) is 11.8. The van der Waals surface area contributed by atoms with Crippen LogP contribution in [-0.4, -0.2) is 0 Å². The number of rotatable bonds is 2. The number of benzene rings is 2. The smallest absolute Gasteiger partial charge is 0.0563 e. The Kier molecular flexibility index (Phi) is 3.80. The lowest BCUT2D eigenvalue weighted by atomic mass is 10.2. The van der Waals surface area contributed by atoms with Crippen LogP contribution in [0.3, 0.4) is 0 Å². The molecule has 0 nitrogen and oxygen atoms in total. The fourth-order valence-electron chi connectivity index (χ4n) is 1.39. The van der Waals surface area contributed by atoms with E-state index in [4.69, 9.17) is 23.2 Å². The second-order valence-corrected chi connectivity index (χ2v) is 5.37. The summed E-state index contributed by atoms with van der Waals surface area (Å²) in [6.45, 7) is 1.98. The standard InChI is InChI=1S/C13H10Cl2S/c1-9-7-11(14)13(12(15)8-9)16-10-5-3-2-4-6-10/h2-8H,1H3. The second kappa shape index (κ2) is 5.13. The van der Waals surface area contributed by atoms with Crippen LogP contribution in [-0.2, 0) is 0 Å². The van der Waals surface area contributed by atoms with Gasteiger partial charge in [-0.15, -0.1) is 0 Å². The van der Waals surface area contributed by atoms with Crippen LogP contribution >= 0.6 is 35.0 Å². The van der Waals surface area contributed by atoms with Crippen LogP contribution in [0.15, 0.2) is 52.3 Å². The highest BCUT2D eigenvalue weighted by atomic mass is 35.5. The molecule has 82 valence electrons. The third kappa shape index (κ3) is 2.73. The Morgan fingerprint density at radius 3 is 2.06 bits per heavy atom. The van der Waals surface area contributed by atoms with Gasteiger partial charge in [-0.2, -0.15) is 0 Å². The summed E-state index contributed by atoms with van der Waals surface area (Å²) < 4.78 is 0. The molecule has 2 aromatic rings. The summed E-state index contributed by atoms with van der Waals surface area (Å²) in [7, 11) is 0. The zero-order valence-electron chi connectivity index (χ0n) is 8.71. The molecule has 3 heteroatoms. The Morgan fingerprint density at radius 2 is 1.50 bits per heavy atom. The van der Waals surface area contributed by atoms with E-state index in [2.05, 4.69) is 0 Å². The van der Waals surface area contributed by atoms with Gasteiger partial charge in [0.15, 0.2) is 0 Å². The van der Waals surface area contributed by atoms with Gasteiger partial charge in [0, 0.05) is 9.79 Å². The quantitative estimate of drug-likeness (QED) is 0.698. The first-order valence-electron chi connectivity index (χ1n) is 4.85. The number of halogens is 2. The van der Waals surface area contributed by atoms with Gasteiger partial charge in [0.25, 0.3) is 0 Å². The average molecular weight is 269 g/mol. The Balaban J connectivity index is 2.35. The van der Waals surface area contributed by atoms with Crippen molar-refractivity contribution in [3.05, 3.63) is 58.1 Å². The van der Waals surface area contributed by atoms with E-state index in [0.29, 0.717) is 10.0 Å². The highest BCUT2D eigenvalue weighted by molar-refractivity contribution is 7.99. The topological polar surface area (TPSA) is 0 Å². The zero-order valence-corrected chi connectivity index (χ0v) is 11.0. The van der Waals surface area contributed by atoms with Crippen molar-refractivity contribution in [3.63, 3.8) is 0 Å². The molecule has 0 aliphatic rings. The van der Waals surface area contributed by atoms with E-state index in [1.165, 1.54) is 0 Å². The third-order valence-electron chi connectivity index (χ3n) is 2.11. The van der Waals surface area contributed by atoms with Crippen LogP contribution < -0.4 is 0 Å². The summed E-state index contributed by atoms with van der Waals surface area (Å²) in [6.07, 6.45) is 0. The first-order valence-corrected chi connectivity index (χ1v) is 6.42. The van der Waals surface area contributed by atoms with Crippen molar-refractivity contribution in [2.45, 2.75) is 16.7 Å². The molecule has 0 heterocycles. The van der Waals surface area contributed by atoms with Crippen LogP contribution in [0.1, 0.15) is 5.56 Å². The lowest BCUT2D eigenvalue weighted by Crippen LogP contribution is -1.80. The number of hydrogen-bond donors (Lipinski definition) is 0. The van der Waals surface area contributed by atoms with Crippen molar-refractivity contribution in [2.75, 3.05) is 0 Å². The van der Waals surface area contributed by atoms with Crippen LogP contribution in [0.4, 0.5) is 0 Å². The van der Waals surface area contributed by atoms with E-state index >= 15 is 0 Å². The van der Waals surface area contributed by atoms with Crippen LogP contribution in [0.5, 0.6) is 0 Å². The van der Waals surface area contributed by atoms with E-state index in [0.717, 1.165) is 15.4 Å². The maximum absolute atomic E-state index is 6.18. The minimum absolute atomic E-state index is 0.707. The fourth-order valence-corrected chi connectivity index (χ4v) is 3.06. The van der Waals surface area contributed by atoms with Gasteiger partial charge in [-0.05, 0) is 36.8 Å². The highest BCUT2D eigenvalue weighted by Gasteiger charge is 2.08. The second-order valence-electron chi connectivity index (χ2n) is 3.47. The zero-order chi connectivity index (χ0) is 11.5. The molecule has 0 spiro atoms. The Morgan fingerprint density at radius 1 is 0.938 bits per heavy atom. The van der Waals surface area contributed by atoms with Crippen molar-refractivity contribution >= 4 is 35.0 Å². The average Bonchev–Trinajstić information content (AvgIpc) is 2.25. The molecule has 0 aliphatic carbocycles. The number of hydrogen-bond acceptors (Lipinski definition) is 1. The highest BCUT2D eigenvalue weighted by Crippen LogP contribution is 2.39. The molecule has 0 bridgehead atoms. The van der Waals surface area contributed by atoms with Gasteiger partial charge >= 0.3 is 0 Å². The molecule has 0 amide bonds. The van der Waals surface area contributed by atoms with Gasteiger partial charge in [0.05, 0.1) is 10.0 Å². The van der Waals surface area contributed by atoms with E-state index in [9.17, 15) is 0 Å². The predicted octanol–water partition coefficient (Wildman–Crippen LogP) is 5.45. The van der Waals surface area contributed by atoms with E-state index in [-0.39, 0.29) is 0 Å². The molecule has 16 heavy (non-hydrogen) atoms. The lowest BCUT2D eigenvalue weighted by molar-refractivity contribution is 1.36. The molecular formula is C13H10Cl2S. The molecule has 0 saturated heterocycles. The summed E-state index contributed by atoms with van der Waals surface area (Å²) in [5, 5.41) is 1.41. The van der Waals surface area contributed by atoms with E-state index in [1.807, 2.05) is 49.4 Å². The van der Waals surface area contributed by atoms with Crippen molar-refractivity contribution in [1.82, 2.24) is 0 Å². The maximum atomic E-state index is 6.18. The van der Waals surface area contributed by atoms with Crippen molar-refractivity contribution in [1.29, 1.82) is 0 Å². The van der Waals surface area contributed by atoms with Crippen LogP contribution in [0.2, 0.25) is 10.0 Å². The molecule has 0 saturated carbocycles. The van der Waals surface area contributed by atoms with Crippen molar-refractivity contribution in [2.24, 2.45) is 0 Å². The summed E-state index contributed by atoms with van der Waals surface area (Å²) in [6, 6.07) is 13.9. The minimum atomic E-state index is 0.707. The molecule has 0 radical (unpaired) electrons. The lowest BCUT2D eigenvalue weighted by Gasteiger charge is -2.07. The maximum Gasteiger partial charge on any atom is 0.0563 e. The van der Waals surface area contributed by atoms with E-state index in [1.54, 1.807) is 11.8 Å². The first-order chi connectivity index (χ1) is 7.66. The SMILES string of the molecule is Cc1cc(Cl)c(Sc2ccccc2)c(Cl)c1. The Bertz CT molecular complexity index is 472. The summed E-state index contributed by atoms with van der Waals surface area (Å²) in [4.78, 5) is 2.05. The molecule has 2 rings (SSSR count). The van der Waals surface area contributed by atoms with Crippen molar-refractivity contribution < 1.29 is 0 Å². The van der Waals surface area contributed by atoms with Gasteiger partial charge in [0.2, 0.25) is 0 Å². The summed E-state index contributed by atoms with van der Waals surface area (Å²) >= 11 is 13.9. The van der Waals surface area contributed by atoms with Gasteiger partial charge in [-0.1, -0.05) is 53.2 Å². The summed E-state index contributed by atoms with van der Waals surface area (Å²) in [5.74, 6) is 0. The van der Waals surface area contributed by atoms with Gasteiger partial charge < -0.3 is 0 Å². The molecule has 2 aromatic carbocycles. The molecule has 0 aromatic heterocycles. The van der Waals surface area contributed by atoms with Crippen LogP contribution in [0, 0.1) is 6.92 Å². The number of aryl methyl sites for hydroxylation is 1. The van der Waals surface area contributed by atoms with Gasteiger partial charge in [0.1, 0.15) is 0 Å². The Hall–Kier alpha value is -0.630. The van der Waals surface area contributed by atoms with Gasteiger partial charge in [-0.25, -0.2) is 0 Å². The molecule has 0 fully saturated rings. The van der Waals surface area contributed by atoms with E-state index < -0.39 is 0 Å². The molecule has 0 aliphatic heterocycles. The summed E-state index contributed by atoms with van der Waals surface area (Å²) in [5.41, 5.74) is 1.08. The normalized spacial score (nSPS) is 10.4. The minimum Gasteiger partial charge on any atom is -0.0870 e. The van der Waals surface area contributed by atoms with Gasteiger partial charge in [-0.3, -0.25) is 0 Å². The fraction of sp³-hybridized carbons (Fsp3) is 0.0769. The molecule has 0 unspecified atom stereocenters. The third-order valence-corrected chi connectivity index (χ3v) is 4.08. The Labute approximate surface area is 110 Å². The monoisotopic (exact) mass is 268 g/mol.